The van der Waals surface area contributed by atoms with Crippen LogP contribution in [0.4, 0.5) is 0 Å². The first kappa shape index (κ1) is 17.1. The second-order valence-corrected chi connectivity index (χ2v) is 7.27. The lowest BCUT2D eigenvalue weighted by Gasteiger charge is -2.43. The highest BCUT2D eigenvalue weighted by Crippen LogP contribution is 2.38. The second-order valence-electron chi connectivity index (χ2n) is 7.27. The lowest BCUT2D eigenvalue weighted by molar-refractivity contribution is -0.133. The molecule has 1 saturated heterocycles. The fourth-order valence-electron chi connectivity index (χ4n) is 4.23. The van der Waals surface area contributed by atoms with Gasteiger partial charge in [0.25, 0.3) is 0 Å². The molecular weight excluding hydrogens is 324 g/mol. The van der Waals surface area contributed by atoms with Gasteiger partial charge in [-0.15, -0.1) is 0 Å². The number of para-hydroxylation sites is 1. The molecule has 4 heteroatoms. The van der Waals surface area contributed by atoms with Crippen LogP contribution < -0.4 is 4.74 Å². The highest BCUT2D eigenvalue weighted by atomic mass is 16.5. The van der Waals surface area contributed by atoms with Crippen molar-refractivity contribution in [3.05, 3.63) is 65.7 Å². The van der Waals surface area contributed by atoms with E-state index in [-0.39, 0.29) is 18.0 Å². The van der Waals surface area contributed by atoms with Crippen LogP contribution in [0.15, 0.2) is 54.6 Å². The normalized spacial score (nSPS) is 22.5. The Hall–Kier alpha value is -2.33. The molecule has 1 amide bonds. The molecule has 0 N–H and O–H groups in total. The monoisotopic (exact) mass is 350 g/mol. The van der Waals surface area contributed by atoms with Crippen molar-refractivity contribution in [3.63, 3.8) is 0 Å². The van der Waals surface area contributed by atoms with Crippen molar-refractivity contribution in [1.29, 1.82) is 0 Å². The van der Waals surface area contributed by atoms with Gasteiger partial charge in [-0.25, -0.2) is 0 Å². The third kappa shape index (κ3) is 3.34. The van der Waals surface area contributed by atoms with E-state index in [0.717, 1.165) is 30.0 Å². The van der Waals surface area contributed by atoms with Crippen LogP contribution in [-0.4, -0.2) is 48.5 Å². The number of likely N-dealkylation sites (tertiary alicyclic amines) is 1. The summed E-state index contributed by atoms with van der Waals surface area (Å²) >= 11 is 0. The molecular formula is C22H26N2O2. The van der Waals surface area contributed by atoms with Crippen LogP contribution in [0.3, 0.4) is 0 Å². The number of hydrogen-bond acceptors (Lipinski definition) is 3. The number of nitrogens with zero attached hydrogens (tertiary/aromatic N) is 2. The second kappa shape index (κ2) is 7.50. The van der Waals surface area contributed by atoms with Crippen LogP contribution >= 0.6 is 0 Å². The van der Waals surface area contributed by atoms with E-state index in [1.54, 1.807) is 0 Å². The van der Waals surface area contributed by atoms with Crippen LogP contribution in [-0.2, 0) is 11.2 Å². The highest BCUT2D eigenvalue weighted by molar-refractivity contribution is 5.79. The van der Waals surface area contributed by atoms with Crippen molar-refractivity contribution in [1.82, 2.24) is 9.80 Å². The number of fused-ring (bicyclic) bond motifs is 1. The van der Waals surface area contributed by atoms with Crippen LogP contribution in [0, 0.1) is 0 Å². The van der Waals surface area contributed by atoms with Crippen molar-refractivity contribution >= 4 is 5.91 Å². The molecule has 4 nitrogen and oxygen atoms in total. The molecule has 2 aliphatic heterocycles. The van der Waals surface area contributed by atoms with Gasteiger partial charge in [-0.1, -0.05) is 48.5 Å². The molecule has 0 aromatic heterocycles. The molecule has 0 radical (unpaired) electrons. The maximum absolute atomic E-state index is 13.0. The molecule has 2 aromatic carbocycles. The summed E-state index contributed by atoms with van der Waals surface area (Å²) in [6, 6.07) is 18.4. The Morgan fingerprint density at radius 2 is 1.77 bits per heavy atom. The third-order valence-electron chi connectivity index (χ3n) is 5.63. The van der Waals surface area contributed by atoms with Crippen molar-refractivity contribution < 1.29 is 9.53 Å². The van der Waals surface area contributed by atoms with E-state index < -0.39 is 0 Å². The number of benzene rings is 2. The minimum absolute atomic E-state index is 0.0364. The first-order valence-electron chi connectivity index (χ1n) is 9.49. The fourth-order valence-corrected chi connectivity index (χ4v) is 4.23. The zero-order valence-electron chi connectivity index (χ0n) is 15.3. The molecule has 136 valence electrons. The summed E-state index contributed by atoms with van der Waals surface area (Å²) in [7, 11) is 1.95. The highest BCUT2D eigenvalue weighted by Gasteiger charge is 2.39. The smallest absolute Gasteiger partial charge is 0.227 e. The predicted molar refractivity (Wildman–Crippen MR) is 102 cm³/mol. The lowest BCUT2D eigenvalue weighted by Crippen LogP contribution is -2.51. The minimum Gasteiger partial charge on any atom is -0.491 e. The van der Waals surface area contributed by atoms with Crippen molar-refractivity contribution in [2.45, 2.75) is 31.3 Å². The van der Waals surface area contributed by atoms with Gasteiger partial charge in [0, 0.05) is 12.6 Å². The Balaban J connectivity index is 1.61. The van der Waals surface area contributed by atoms with E-state index in [0.29, 0.717) is 13.0 Å². The van der Waals surface area contributed by atoms with Crippen molar-refractivity contribution in [2.75, 3.05) is 26.7 Å². The first-order chi connectivity index (χ1) is 12.7. The molecule has 2 heterocycles. The standard InChI is InChI=1S/C22H26N2O2/c1-23(21(25)15-17-9-3-2-4-10-17)22-18-11-5-6-12-20(18)26-16-19(22)24-13-7-8-14-24/h2-6,9-12,19,22H,7-8,13-16H2,1H3/t19-,22-/m0/s1. The SMILES string of the molecule is CN(C(=O)Cc1ccccc1)[C@H]1c2ccccc2OC[C@@H]1N1CCCC1. The van der Waals surface area contributed by atoms with Gasteiger partial charge in [-0.05, 0) is 37.6 Å². The maximum Gasteiger partial charge on any atom is 0.227 e. The molecule has 4 rings (SSSR count). The van der Waals surface area contributed by atoms with Gasteiger partial charge in [0.2, 0.25) is 5.91 Å². The third-order valence-corrected chi connectivity index (χ3v) is 5.63. The van der Waals surface area contributed by atoms with Gasteiger partial charge < -0.3 is 9.64 Å². The summed E-state index contributed by atoms with van der Waals surface area (Å²) in [5.41, 5.74) is 2.18. The number of carbonyl (C=O) groups is 1. The molecule has 0 unspecified atom stereocenters. The molecule has 0 saturated carbocycles. The summed E-state index contributed by atoms with van der Waals surface area (Å²) in [4.78, 5) is 17.5. The molecule has 2 aromatic rings. The molecule has 0 bridgehead atoms. The summed E-state index contributed by atoms with van der Waals surface area (Å²) in [6.07, 6.45) is 2.89. The van der Waals surface area contributed by atoms with Gasteiger partial charge in [0.15, 0.2) is 0 Å². The van der Waals surface area contributed by atoms with E-state index in [4.69, 9.17) is 4.74 Å². The maximum atomic E-state index is 13.0. The number of hydrogen-bond donors (Lipinski definition) is 0. The van der Waals surface area contributed by atoms with E-state index in [1.165, 1.54) is 12.8 Å². The number of ether oxygens (including phenoxy) is 1. The average Bonchev–Trinajstić information content (AvgIpc) is 3.22. The topological polar surface area (TPSA) is 32.8 Å². The van der Waals surface area contributed by atoms with Gasteiger partial charge in [0.05, 0.1) is 18.5 Å². The summed E-state index contributed by atoms with van der Waals surface area (Å²) in [6.45, 7) is 2.82. The molecule has 2 atom stereocenters. The van der Waals surface area contributed by atoms with Crippen LogP contribution in [0.2, 0.25) is 0 Å². The Morgan fingerprint density at radius 1 is 1.08 bits per heavy atom. The van der Waals surface area contributed by atoms with Crippen molar-refractivity contribution in [2.24, 2.45) is 0 Å². The molecule has 26 heavy (non-hydrogen) atoms. The van der Waals surface area contributed by atoms with Crippen molar-refractivity contribution in [3.8, 4) is 5.75 Å². The molecule has 0 spiro atoms. The molecule has 0 aliphatic carbocycles. The number of amides is 1. The Morgan fingerprint density at radius 3 is 2.54 bits per heavy atom. The van der Waals surface area contributed by atoms with Gasteiger partial charge in [0.1, 0.15) is 12.4 Å². The Labute approximate surface area is 155 Å². The average molecular weight is 350 g/mol. The number of rotatable bonds is 4. The quantitative estimate of drug-likeness (QED) is 0.848. The van der Waals surface area contributed by atoms with E-state index in [9.17, 15) is 4.79 Å². The first-order valence-corrected chi connectivity index (χ1v) is 9.49. The molecule has 2 aliphatic rings. The summed E-state index contributed by atoms with van der Waals surface area (Å²) in [5.74, 6) is 1.06. The van der Waals surface area contributed by atoms with E-state index in [2.05, 4.69) is 11.0 Å². The lowest BCUT2D eigenvalue weighted by atomic mass is 9.93. The number of likely N-dealkylation sites (N-methyl/N-ethyl adjacent to an activating group) is 1. The Bertz CT molecular complexity index is 756. The fraction of sp³-hybridized carbons (Fsp3) is 0.409. The minimum atomic E-state index is 0.0364. The Kier molecular flexibility index (Phi) is 4.93. The largest absolute Gasteiger partial charge is 0.491 e. The van der Waals surface area contributed by atoms with E-state index >= 15 is 0 Å². The number of carbonyl (C=O) groups excluding carboxylic acids is 1. The van der Waals surface area contributed by atoms with Crippen LogP contribution in [0.25, 0.3) is 0 Å². The molecule has 1 fully saturated rings. The predicted octanol–water partition coefficient (Wildman–Crippen LogP) is 3.29. The summed E-state index contributed by atoms with van der Waals surface area (Å²) < 4.78 is 6.05. The van der Waals surface area contributed by atoms with Crippen LogP contribution in [0.1, 0.15) is 30.0 Å². The zero-order valence-corrected chi connectivity index (χ0v) is 15.3. The van der Waals surface area contributed by atoms with Gasteiger partial charge >= 0.3 is 0 Å². The van der Waals surface area contributed by atoms with Crippen LogP contribution in [0.5, 0.6) is 5.75 Å². The van der Waals surface area contributed by atoms with Gasteiger partial charge in [-0.3, -0.25) is 9.69 Å². The summed E-state index contributed by atoms with van der Waals surface area (Å²) in [5, 5.41) is 0. The van der Waals surface area contributed by atoms with E-state index in [1.807, 2.05) is 60.5 Å². The van der Waals surface area contributed by atoms with Gasteiger partial charge in [-0.2, -0.15) is 0 Å². The zero-order chi connectivity index (χ0) is 17.9.